The Morgan fingerprint density at radius 2 is 1.06 bits per heavy atom. The molecule has 4 nitrogen and oxygen atoms in total. The number of alkyl halides is 17. The first-order valence-corrected chi connectivity index (χ1v) is 7.17. The fourth-order valence-corrected chi connectivity index (χ4v) is 1.78. The van der Waals surface area contributed by atoms with Crippen LogP contribution in [0.25, 0.3) is 0 Å². The number of amidine groups is 1. The summed E-state index contributed by atoms with van der Waals surface area (Å²) in [5, 5.41) is 1.24. The first-order chi connectivity index (χ1) is 13.8. The normalized spacial score (nSPS) is 21.0. The summed E-state index contributed by atoms with van der Waals surface area (Å²) >= 11 is 0. The molecular weight excluding hydrogens is 515 g/mol. The minimum absolute atomic E-state index is 0.779. The Morgan fingerprint density at radius 1 is 0.594 bits per heavy atom. The largest absolute Gasteiger partial charge is 0.462 e. The highest BCUT2D eigenvalue weighted by Crippen LogP contribution is 2.56. The molecule has 2 atom stereocenters. The van der Waals surface area contributed by atoms with Crippen LogP contribution in [0.4, 0.5) is 74.6 Å². The fraction of sp³-hybridized carbons (Fsp3) is 0.909. The zero-order valence-corrected chi connectivity index (χ0v) is 14.1. The van der Waals surface area contributed by atoms with Crippen molar-refractivity contribution in [3.05, 3.63) is 0 Å². The van der Waals surface area contributed by atoms with Gasteiger partial charge in [-0.25, -0.2) is 0 Å². The summed E-state index contributed by atoms with van der Waals surface area (Å²) in [5.41, 5.74) is 0. The molecule has 2 unspecified atom stereocenters. The average molecular weight is 520 g/mol. The van der Waals surface area contributed by atoms with E-state index in [4.69, 9.17) is 0 Å². The Labute approximate surface area is 163 Å². The summed E-state index contributed by atoms with van der Waals surface area (Å²) in [6.45, 7) is -1.63. The smallest absolute Gasteiger partial charge is 0.367 e. The number of hydrogen-bond acceptors (Lipinski definition) is 4. The maximum absolute atomic E-state index is 14.1. The highest BCUT2D eigenvalue weighted by molar-refractivity contribution is 5.91. The van der Waals surface area contributed by atoms with E-state index < -0.39 is 67.3 Å². The Kier molecular flexibility index (Phi) is 6.72. The van der Waals surface area contributed by atoms with Crippen molar-refractivity contribution >= 4 is 5.84 Å². The van der Waals surface area contributed by atoms with Crippen molar-refractivity contribution < 1.29 is 84.1 Å². The highest BCUT2D eigenvalue weighted by Gasteiger charge is 2.85. The molecule has 0 radical (unpaired) electrons. The number of ether oxygens (including phenoxy) is 2. The standard InChI is InChI=1S/C11H5F17N2O2/c12-4(7(16,17)18,3-29-1-2-30-3)31-11(27,28)6(15,9(22,23)24)32-10(25,26)5(13,14)8(19,20)21/h1-2H2,(H,29,30). The van der Waals surface area contributed by atoms with Gasteiger partial charge in [0.25, 0.3) is 0 Å². The van der Waals surface area contributed by atoms with Crippen LogP contribution in [0.15, 0.2) is 4.99 Å². The third-order valence-corrected chi connectivity index (χ3v) is 3.34. The van der Waals surface area contributed by atoms with Crippen molar-refractivity contribution in [2.45, 2.75) is 48.4 Å². The molecule has 1 heterocycles. The second-order valence-electron chi connectivity index (χ2n) is 5.65. The van der Waals surface area contributed by atoms with Crippen LogP contribution in [0, 0.1) is 0 Å². The summed E-state index contributed by atoms with van der Waals surface area (Å²) in [5.74, 6) is -24.3. The Balaban J connectivity index is 3.59. The molecule has 32 heavy (non-hydrogen) atoms. The van der Waals surface area contributed by atoms with Crippen molar-refractivity contribution in [2.24, 2.45) is 4.99 Å². The molecule has 190 valence electrons. The van der Waals surface area contributed by atoms with E-state index in [0.717, 1.165) is 0 Å². The lowest BCUT2D eigenvalue weighted by Gasteiger charge is -2.40. The lowest BCUT2D eigenvalue weighted by atomic mass is 10.2. The van der Waals surface area contributed by atoms with E-state index in [0.29, 0.717) is 0 Å². The Hall–Kier alpha value is -1.80. The molecule has 0 spiro atoms. The van der Waals surface area contributed by atoms with Crippen molar-refractivity contribution in [1.82, 2.24) is 5.32 Å². The highest BCUT2D eigenvalue weighted by atomic mass is 19.4. The minimum Gasteiger partial charge on any atom is -0.367 e. The van der Waals surface area contributed by atoms with Crippen LogP contribution < -0.4 is 5.32 Å². The van der Waals surface area contributed by atoms with Crippen LogP contribution >= 0.6 is 0 Å². The van der Waals surface area contributed by atoms with Crippen LogP contribution in [0.3, 0.4) is 0 Å². The van der Waals surface area contributed by atoms with Crippen LogP contribution in [0.5, 0.6) is 0 Å². The monoisotopic (exact) mass is 520 g/mol. The molecule has 21 heteroatoms. The summed E-state index contributed by atoms with van der Waals surface area (Å²) in [4.78, 5) is 2.54. The van der Waals surface area contributed by atoms with E-state index in [9.17, 15) is 74.6 Å². The number of nitrogens with one attached hydrogen (secondary N) is 1. The molecule has 0 bridgehead atoms. The van der Waals surface area contributed by atoms with Crippen molar-refractivity contribution in [3.63, 3.8) is 0 Å². The van der Waals surface area contributed by atoms with Gasteiger partial charge in [0.05, 0.1) is 6.54 Å². The third-order valence-electron chi connectivity index (χ3n) is 3.34. The van der Waals surface area contributed by atoms with Crippen LogP contribution in [0.2, 0.25) is 0 Å². The van der Waals surface area contributed by atoms with E-state index in [1.165, 1.54) is 10.1 Å². The molecule has 1 aliphatic heterocycles. The van der Waals surface area contributed by atoms with Gasteiger partial charge in [0, 0.05) is 6.54 Å². The van der Waals surface area contributed by atoms with E-state index in [-0.39, 0.29) is 0 Å². The van der Waals surface area contributed by atoms with Gasteiger partial charge in [-0.15, -0.1) is 0 Å². The second kappa shape index (κ2) is 7.62. The molecule has 0 aromatic heterocycles. The molecule has 0 amide bonds. The van der Waals surface area contributed by atoms with Crippen molar-refractivity contribution in [3.8, 4) is 0 Å². The van der Waals surface area contributed by atoms with Gasteiger partial charge in [0.2, 0.25) is 0 Å². The van der Waals surface area contributed by atoms with Crippen LogP contribution in [0.1, 0.15) is 0 Å². The third kappa shape index (κ3) is 4.49. The second-order valence-corrected chi connectivity index (χ2v) is 5.65. The first kappa shape index (κ1) is 28.2. The van der Waals surface area contributed by atoms with Gasteiger partial charge in [-0.1, -0.05) is 0 Å². The maximum atomic E-state index is 14.1. The van der Waals surface area contributed by atoms with Gasteiger partial charge in [-0.3, -0.25) is 14.5 Å². The summed E-state index contributed by atoms with van der Waals surface area (Å²) < 4.78 is 223. The van der Waals surface area contributed by atoms with Crippen LogP contribution in [-0.4, -0.2) is 67.3 Å². The molecule has 0 saturated heterocycles. The van der Waals surface area contributed by atoms with E-state index in [1.807, 2.05) is 0 Å². The lowest BCUT2D eigenvalue weighted by Crippen LogP contribution is -2.68. The fourth-order valence-electron chi connectivity index (χ4n) is 1.78. The molecule has 1 N–H and O–H groups in total. The molecule has 1 rings (SSSR count). The molecular formula is C11H5F17N2O2. The zero-order valence-electron chi connectivity index (χ0n) is 14.1. The summed E-state index contributed by atoms with van der Waals surface area (Å²) in [6, 6.07) is 0. The van der Waals surface area contributed by atoms with Gasteiger partial charge >= 0.3 is 48.4 Å². The van der Waals surface area contributed by atoms with Crippen molar-refractivity contribution in [1.29, 1.82) is 0 Å². The SMILES string of the molecule is FC(F)(F)C(F)(OC(F)(F)C(F)(OC(F)(F)C(F)(F)C(F)(F)F)C(F)(F)F)C1=NCCN1. The topological polar surface area (TPSA) is 42.9 Å². The minimum atomic E-state index is -7.89. The Bertz CT molecular complexity index is 725. The quantitative estimate of drug-likeness (QED) is 0.488. The number of nitrogens with zero attached hydrogens (tertiary/aromatic N) is 1. The molecule has 1 aliphatic rings. The average Bonchev–Trinajstić information content (AvgIpc) is 3.05. The maximum Gasteiger partial charge on any atom is 0.462 e. The molecule has 0 aromatic carbocycles. The number of aliphatic imine (C=N–C) groups is 1. The van der Waals surface area contributed by atoms with Gasteiger partial charge in [0.1, 0.15) is 0 Å². The predicted molar refractivity (Wildman–Crippen MR) is 63.2 cm³/mol. The molecule has 0 aromatic rings. The van der Waals surface area contributed by atoms with E-state index in [2.05, 4.69) is 9.73 Å². The van der Waals surface area contributed by atoms with Gasteiger partial charge in [0.15, 0.2) is 5.84 Å². The number of hydrogen-bond donors (Lipinski definition) is 1. The summed E-state index contributed by atoms with van der Waals surface area (Å²) in [6.07, 6.45) is -37.7. The van der Waals surface area contributed by atoms with Gasteiger partial charge in [-0.2, -0.15) is 74.6 Å². The van der Waals surface area contributed by atoms with Gasteiger partial charge in [-0.05, 0) is 0 Å². The molecule has 0 saturated carbocycles. The predicted octanol–water partition coefficient (Wildman–Crippen LogP) is 4.86. The number of halogens is 17. The number of rotatable bonds is 7. The molecule has 0 aliphatic carbocycles. The zero-order chi connectivity index (χ0) is 25.8. The lowest BCUT2D eigenvalue weighted by molar-refractivity contribution is -0.547. The molecule has 0 fully saturated rings. The Morgan fingerprint density at radius 3 is 1.38 bits per heavy atom. The first-order valence-electron chi connectivity index (χ1n) is 7.17. The summed E-state index contributed by atoms with van der Waals surface area (Å²) in [7, 11) is 0. The van der Waals surface area contributed by atoms with E-state index in [1.54, 1.807) is 0 Å². The van der Waals surface area contributed by atoms with E-state index >= 15 is 0 Å². The van der Waals surface area contributed by atoms with Crippen LogP contribution in [-0.2, 0) is 9.47 Å². The van der Waals surface area contributed by atoms with Gasteiger partial charge < -0.3 is 5.32 Å². The van der Waals surface area contributed by atoms with Crippen molar-refractivity contribution in [2.75, 3.05) is 13.1 Å².